The fraction of sp³-hybridized carbons (Fsp3) is 0.105. The van der Waals surface area contributed by atoms with Crippen molar-refractivity contribution in [3.05, 3.63) is 77.3 Å². The first kappa shape index (κ1) is 17.7. The Morgan fingerprint density at radius 2 is 1.85 bits per heavy atom. The average molecular weight is 371 g/mol. The van der Waals surface area contributed by atoms with Gasteiger partial charge in [0.05, 0.1) is 11.6 Å². The zero-order valence-corrected chi connectivity index (χ0v) is 14.4. The van der Waals surface area contributed by atoms with Gasteiger partial charge in [-0.1, -0.05) is 23.7 Å². The first-order chi connectivity index (χ1) is 12.6. The molecule has 1 aromatic carbocycles. The first-order valence-electron chi connectivity index (χ1n) is 7.85. The van der Waals surface area contributed by atoms with Crippen molar-refractivity contribution >= 4 is 23.5 Å². The van der Waals surface area contributed by atoms with Gasteiger partial charge in [-0.3, -0.25) is 9.78 Å². The van der Waals surface area contributed by atoms with Gasteiger partial charge in [0.1, 0.15) is 12.4 Å². The Hall–Kier alpha value is -3.12. The zero-order chi connectivity index (χ0) is 18.4. The van der Waals surface area contributed by atoms with E-state index in [2.05, 4.69) is 10.3 Å². The molecule has 0 aliphatic rings. The number of halogens is 1. The smallest absolute Gasteiger partial charge is 0.374 e. The third kappa shape index (κ3) is 4.29. The van der Waals surface area contributed by atoms with Crippen molar-refractivity contribution in [3.63, 3.8) is 0 Å². The van der Waals surface area contributed by atoms with Crippen LogP contribution in [0.4, 0.5) is 0 Å². The maximum absolute atomic E-state index is 12.0. The van der Waals surface area contributed by atoms with E-state index in [0.717, 1.165) is 0 Å². The number of amides is 1. The Labute approximate surface area is 154 Å². The van der Waals surface area contributed by atoms with E-state index in [4.69, 9.17) is 20.8 Å². The lowest BCUT2D eigenvalue weighted by Gasteiger charge is -2.05. The first-order valence-corrected chi connectivity index (χ1v) is 8.23. The molecule has 0 aliphatic heterocycles. The summed E-state index contributed by atoms with van der Waals surface area (Å²) < 4.78 is 10.6. The molecule has 7 heteroatoms. The zero-order valence-electron chi connectivity index (χ0n) is 13.6. The highest BCUT2D eigenvalue weighted by Gasteiger charge is 2.15. The lowest BCUT2D eigenvalue weighted by atomic mass is 10.2. The summed E-state index contributed by atoms with van der Waals surface area (Å²) in [7, 11) is 0. The van der Waals surface area contributed by atoms with Gasteiger partial charge in [0.15, 0.2) is 0 Å². The maximum atomic E-state index is 12.0. The Morgan fingerprint density at radius 1 is 1.08 bits per heavy atom. The second-order valence-corrected chi connectivity index (χ2v) is 5.68. The van der Waals surface area contributed by atoms with Gasteiger partial charge in [0.25, 0.3) is 5.91 Å². The number of carbonyl (C=O) groups excluding carboxylic acids is 2. The normalized spacial score (nSPS) is 10.3. The summed E-state index contributed by atoms with van der Waals surface area (Å²) in [4.78, 5) is 27.7. The molecule has 0 spiro atoms. The number of ether oxygens (including phenoxy) is 1. The van der Waals surface area contributed by atoms with Gasteiger partial charge in [-0.2, -0.15) is 0 Å². The van der Waals surface area contributed by atoms with Crippen LogP contribution in [0, 0.1) is 0 Å². The van der Waals surface area contributed by atoms with Crippen LogP contribution in [-0.4, -0.2) is 30.0 Å². The van der Waals surface area contributed by atoms with E-state index in [0.29, 0.717) is 21.9 Å². The largest absolute Gasteiger partial charge is 0.458 e. The number of rotatable bonds is 6. The molecule has 132 valence electrons. The minimum Gasteiger partial charge on any atom is -0.458 e. The molecule has 0 radical (unpaired) electrons. The van der Waals surface area contributed by atoms with E-state index >= 15 is 0 Å². The van der Waals surface area contributed by atoms with Crippen molar-refractivity contribution in [3.8, 4) is 11.3 Å². The number of pyridine rings is 1. The van der Waals surface area contributed by atoms with Crippen LogP contribution in [0.3, 0.4) is 0 Å². The number of nitrogens with one attached hydrogen (secondary N) is 1. The van der Waals surface area contributed by atoms with E-state index in [1.54, 1.807) is 30.3 Å². The van der Waals surface area contributed by atoms with Crippen LogP contribution in [0.15, 0.2) is 65.3 Å². The number of carbonyl (C=O) groups is 2. The summed E-state index contributed by atoms with van der Waals surface area (Å²) in [6.45, 7) is 0.211. The predicted molar refractivity (Wildman–Crippen MR) is 96.0 cm³/mol. The lowest BCUT2D eigenvalue weighted by molar-refractivity contribution is 0.0469. The number of furan rings is 1. The van der Waals surface area contributed by atoms with Crippen molar-refractivity contribution < 1.29 is 18.7 Å². The number of hydrogen-bond acceptors (Lipinski definition) is 5. The van der Waals surface area contributed by atoms with Crippen LogP contribution in [0.2, 0.25) is 5.02 Å². The summed E-state index contributed by atoms with van der Waals surface area (Å²) in [5.74, 6) is -0.321. The van der Waals surface area contributed by atoms with Crippen LogP contribution < -0.4 is 5.32 Å². The van der Waals surface area contributed by atoms with Gasteiger partial charge in [-0.15, -0.1) is 0 Å². The van der Waals surface area contributed by atoms with Crippen molar-refractivity contribution in [2.75, 3.05) is 13.2 Å². The quantitative estimate of drug-likeness (QED) is 0.529. The molecule has 3 aromatic rings. The molecule has 2 heterocycles. The molecule has 0 aliphatic carbocycles. The molecule has 0 unspecified atom stereocenters. The van der Waals surface area contributed by atoms with Crippen molar-refractivity contribution in [1.82, 2.24) is 10.3 Å². The van der Waals surface area contributed by atoms with Crippen molar-refractivity contribution in [1.29, 1.82) is 0 Å². The number of esters is 1. The Balaban J connectivity index is 1.50. The fourth-order valence-electron chi connectivity index (χ4n) is 2.24. The SMILES string of the molecule is O=C(NCCOC(=O)c1ccc(-c2ccccc2Cl)o1)c1ccncc1. The fourth-order valence-corrected chi connectivity index (χ4v) is 2.47. The van der Waals surface area contributed by atoms with Gasteiger partial charge in [-0.25, -0.2) is 4.79 Å². The van der Waals surface area contributed by atoms with E-state index in [1.807, 2.05) is 12.1 Å². The minimum absolute atomic E-state index is 0.0256. The highest BCUT2D eigenvalue weighted by molar-refractivity contribution is 6.33. The molecule has 1 amide bonds. The van der Waals surface area contributed by atoms with E-state index in [1.165, 1.54) is 18.5 Å². The summed E-state index contributed by atoms with van der Waals surface area (Å²) in [5.41, 5.74) is 1.18. The number of aromatic nitrogens is 1. The molecule has 6 nitrogen and oxygen atoms in total. The van der Waals surface area contributed by atoms with Gasteiger partial charge in [-0.05, 0) is 36.4 Å². The molecule has 0 bridgehead atoms. The molecular weight excluding hydrogens is 356 g/mol. The van der Waals surface area contributed by atoms with Gasteiger partial charge < -0.3 is 14.5 Å². The van der Waals surface area contributed by atoms with Crippen LogP contribution in [0.5, 0.6) is 0 Å². The van der Waals surface area contributed by atoms with E-state index in [9.17, 15) is 9.59 Å². The van der Waals surface area contributed by atoms with Gasteiger partial charge in [0.2, 0.25) is 5.76 Å². The van der Waals surface area contributed by atoms with Crippen molar-refractivity contribution in [2.45, 2.75) is 0 Å². The summed E-state index contributed by atoms with van der Waals surface area (Å²) in [5, 5.41) is 3.18. The summed E-state index contributed by atoms with van der Waals surface area (Å²) >= 11 is 6.11. The molecule has 26 heavy (non-hydrogen) atoms. The highest BCUT2D eigenvalue weighted by atomic mass is 35.5. The van der Waals surface area contributed by atoms with E-state index in [-0.39, 0.29) is 24.8 Å². The monoisotopic (exact) mass is 370 g/mol. The van der Waals surface area contributed by atoms with Crippen molar-refractivity contribution in [2.24, 2.45) is 0 Å². The molecule has 0 fully saturated rings. The Bertz CT molecular complexity index is 909. The second kappa shape index (κ2) is 8.31. The third-order valence-corrected chi connectivity index (χ3v) is 3.84. The van der Waals surface area contributed by atoms with Gasteiger partial charge in [0, 0.05) is 23.5 Å². The summed E-state index contributed by atoms with van der Waals surface area (Å²) in [6.07, 6.45) is 3.06. The van der Waals surface area contributed by atoms with Crippen LogP contribution in [-0.2, 0) is 4.74 Å². The standard InChI is InChI=1S/C19H15ClN2O4/c20-15-4-2-1-3-14(15)16-5-6-17(26-16)19(24)25-12-11-22-18(23)13-7-9-21-10-8-13/h1-10H,11-12H2,(H,22,23). The Kier molecular flexibility index (Phi) is 5.66. The van der Waals surface area contributed by atoms with Crippen LogP contribution >= 0.6 is 11.6 Å². The predicted octanol–water partition coefficient (Wildman–Crippen LogP) is 3.58. The number of nitrogens with zero attached hydrogens (tertiary/aromatic N) is 1. The molecule has 2 aromatic heterocycles. The molecule has 1 N–H and O–H groups in total. The molecule has 0 atom stereocenters. The molecule has 3 rings (SSSR count). The molecule has 0 saturated heterocycles. The minimum atomic E-state index is -0.610. The molecular formula is C19H15ClN2O4. The Morgan fingerprint density at radius 3 is 2.62 bits per heavy atom. The van der Waals surface area contributed by atoms with Gasteiger partial charge >= 0.3 is 5.97 Å². The van der Waals surface area contributed by atoms with E-state index < -0.39 is 5.97 Å². The lowest BCUT2D eigenvalue weighted by Crippen LogP contribution is -2.28. The second-order valence-electron chi connectivity index (χ2n) is 5.27. The molecule has 0 saturated carbocycles. The number of benzene rings is 1. The topological polar surface area (TPSA) is 81.4 Å². The average Bonchev–Trinajstić information content (AvgIpc) is 3.16. The summed E-state index contributed by atoms with van der Waals surface area (Å²) in [6, 6.07) is 13.5. The highest BCUT2D eigenvalue weighted by Crippen LogP contribution is 2.29. The maximum Gasteiger partial charge on any atom is 0.374 e. The number of hydrogen-bond donors (Lipinski definition) is 1. The van der Waals surface area contributed by atoms with Crippen LogP contribution in [0.25, 0.3) is 11.3 Å². The third-order valence-electron chi connectivity index (χ3n) is 3.51. The van der Waals surface area contributed by atoms with Crippen LogP contribution in [0.1, 0.15) is 20.9 Å².